The van der Waals surface area contributed by atoms with Gasteiger partial charge in [0.05, 0.1) is 7.11 Å². The number of aromatic nitrogens is 2. The van der Waals surface area contributed by atoms with Crippen LogP contribution in [0.2, 0.25) is 0 Å². The van der Waals surface area contributed by atoms with Crippen molar-refractivity contribution in [2.45, 2.75) is 0 Å². The van der Waals surface area contributed by atoms with Crippen LogP contribution in [0.1, 0.15) is 0 Å². The van der Waals surface area contributed by atoms with Crippen molar-refractivity contribution in [2.24, 2.45) is 0 Å². The molecule has 0 radical (unpaired) electrons. The zero-order valence-corrected chi connectivity index (χ0v) is 10.9. The highest BCUT2D eigenvalue weighted by Gasteiger charge is 2.03. The molecule has 8 heteroatoms. The Morgan fingerprint density at radius 3 is 2.68 bits per heavy atom. The maximum Gasteiger partial charge on any atom is 0.323 e. The largest absolute Gasteiger partial charge is 0.497 e. The van der Waals surface area contributed by atoms with Gasteiger partial charge in [-0.1, -0.05) is 11.3 Å². The number of hydrogen-bond acceptors (Lipinski definition) is 6. The molecule has 2 rings (SSSR count). The normalized spacial score (nSPS) is 9.74. The Hall–Kier alpha value is -2.35. The molecule has 0 bridgehead atoms. The average molecular weight is 280 g/mol. The van der Waals surface area contributed by atoms with Gasteiger partial charge >= 0.3 is 6.03 Å². The van der Waals surface area contributed by atoms with Gasteiger partial charge in [-0.25, -0.2) is 4.79 Å². The fraction of sp³-hybridized carbons (Fsp3) is 0.182. The molecule has 0 fully saturated rings. The zero-order chi connectivity index (χ0) is 13.5. The molecule has 0 unspecified atom stereocenters. The van der Waals surface area contributed by atoms with Crippen molar-refractivity contribution in [3.63, 3.8) is 0 Å². The van der Waals surface area contributed by atoms with Gasteiger partial charge in [-0.05, 0) is 24.3 Å². The Labute approximate surface area is 113 Å². The molecule has 1 aromatic heterocycles. The summed E-state index contributed by atoms with van der Waals surface area (Å²) in [5, 5.41) is 12.8. The Kier molecular flexibility index (Phi) is 4.51. The summed E-state index contributed by atoms with van der Waals surface area (Å²) in [6.45, 7) is 0.0525. The van der Waals surface area contributed by atoms with Crippen molar-refractivity contribution in [3.05, 3.63) is 29.8 Å². The molecule has 2 aromatic rings. The lowest BCUT2D eigenvalue weighted by atomic mass is 10.3. The van der Waals surface area contributed by atoms with E-state index in [4.69, 9.17) is 9.47 Å². The van der Waals surface area contributed by atoms with E-state index in [1.165, 1.54) is 16.8 Å². The third-order valence-electron chi connectivity index (χ3n) is 2.11. The molecule has 1 heterocycles. The van der Waals surface area contributed by atoms with Crippen LogP contribution in [0.3, 0.4) is 0 Å². The number of carbonyl (C=O) groups excluding carboxylic acids is 1. The minimum Gasteiger partial charge on any atom is -0.497 e. The van der Waals surface area contributed by atoms with Crippen LogP contribution in [0.4, 0.5) is 9.93 Å². The van der Waals surface area contributed by atoms with Crippen LogP contribution in [-0.4, -0.2) is 30.1 Å². The monoisotopic (exact) mass is 280 g/mol. The molecule has 0 atom stereocenters. The molecule has 0 aliphatic rings. The van der Waals surface area contributed by atoms with Gasteiger partial charge in [-0.2, -0.15) is 0 Å². The van der Waals surface area contributed by atoms with E-state index in [1.807, 2.05) is 0 Å². The maximum absolute atomic E-state index is 11.4. The van der Waals surface area contributed by atoms with Crippen molar-refractivity contribution in [1.29, 1.82) is 0 Å². The first-order valence-electron chi connectivity index (χ1n) is 5.36. The second kappa shape index (κ2) is 6.55. The summed E-state index contributed by atoms with van der Waals surface area (Å²) in [7, 11) is 1.59. The number of methoxy groups -OCH3 is 1. The van der Waals surface area contributed by atoms with Gasteiger partial charge in [0.2, 0.25) is 5.13 Å². The second-order valence-corrected chi connectivity index (χ2v) is 4.17. The molecule has 2 N–H and O–H groups in total. The SMILES string of the molecule is COc1ccc(OCNC(=O)Nc2nncs2)cc1. The molecule has 7 nitrogen and oxygen atoms in total. The fourth-order valence-corrected chi connectivity index (χ4v) is 1.67. The minimum absolute atomic E-state index is 0.0525. The summed E-state index contributed by atoms with van der Waals surface area (Å²) < 4.78 is 10.4. The number of rotatable bonds is 5. The zero-order valence-electron chi connectivity index (χ0n) is 10.1. The topological polar surface area (TPSA) is 85.4 Å². The minimum atomic E-state index is -0.398. The van der Waals surface area contributed by atoms with Crippen LogP contribution in [0, 0.1) is 0 Å². The maximum atomic E-state index is 11.4. The molecule has 0 saturated heterocycles. The average Bonchev–Trinajstić information content (AvgIpc) is 2.92. The van der Waals surface area contributed by atoms with E-state index in [0.29, 0.717) is 10.9 Å². The molecule has 0 spiro atoms. The third kappa shape index (κ3) is 4.11. The molecule has 0 saturated carbocycles. The smallest absolute Gasteiger partial charge is 0.323 e. The number of ether oxygens (including phenoxy) is 2. The van der Waals surface area contributed by atoms with Crippen molar-refractivity contribution in [3.8, 4) is 11.5 Å². The number of urea groups is 1. The summed E-state index contributed by atoms with van der Waals surface area (Å²) in [6, 6.07) is 6.66. The van der Waals surface area contributed by atoms with Gasteiger partial charge in [0, 0.05) is 0 Å². The van der Waals surface area contributed by atoms with Crippen molar-refractivity contribution in [1.82, 2.24) is 15.5 Å². The van der Waals surface area contributed by atoms with Crippen LogP contribution in [0.25, 0.3) is 0 Å². The number of carbonyl (C=O) groups is 1. The predicted octanol–water partition coefficient (Wildman–Crippen LogP) is 1.70. The molecule has 0 aliphatic carbocycles. The lowest BCUT2D eigenvalue weighted by Gasteiger charge is -2.08. The van der Waals surface area contributed by atoms with Crippen LogP contribution in [0.15, 0.2) is 29.8 Å². The first-order chi connectivity index (χ1) is 9.28. The molecule has 0 aliphatic heterocycles. The number of benzene rings is 1. The number of amides is 2. The van der Waals surface area contributed by atoms with Gasteiger partial charge in [-0.3, -0.25) is 5.32 Å². The van der Waals surface area contributed by atoms with Crippen molar-refractivity contribution < 1.29 is 14.3 Å². The van der Waals surface area contributed by atoms with Crippen LogP contribution >= 0.6 is 11.3 Å². The Bertz CT molecular complexity index is 515. The molecule has 2 amide bonds. The number of nitrogens with one attached hydrogen (secondary N) is 2. The summed E-state index contributed by atoms with van der Waals surface area (Å²) in [6.07, 6.45) is 0. The van der Waals surface area contributed by atoms with Gasteiger partial charge < -0.3 is 14.8 Å². The predicted molar refractivity (Wildman–Crippen MR) is 70.6 cm³/mol. The first-order valence-corrected chi connectivity index (χ1v) is 6.24. The highest BCUT2D eigenvalue weighted by molar-refractivity contribution is 7.13. The number of hydrogen-bond donors (Lipinski definition) is 2. The third-order valence-corrected chi connectivity index (χ3v) is 2.72. The standard InChI is InChI=1S/C11H12N4O3S/c1-17-8-2-4-9(5-3-8)18-6-12-10(16)14-11-15-13-7-19-11/h2-5,7H,6H2,1H3,(H2,12,14,15,16). The lowest BCUT2D eigenvalue weighted by molar-refractivity contribution is 0.234. The van der Waals surface area contributed by atoms with Crippen molar-refractivity contribution in [2.75, 3.05) is 19.2 Å². The first kappa shape index (κ1) is 13.1. The highest BCUT2D eigenvalue weighted by Crippen LogP contribution is 2.16. The summed E-state index contributed by atoms with van der Waals surface area (Å²) >= 11 is 1.24. The van der Waals surface area contributed by atoms with Crippen LogP contribution in [-0.2, 0) is 0 Å². The molecule has 100 valence electrons. The van der Waals surface area contributed by atoms with E-state index in [0.717, 1.165) is 5.75 Å². The number of anilines is 1. The van der Waals surface area contributed by atoms with Crippen LogP contribution < -0.4 is 20.1 Å². The van der Waals surface area contributed by atoms with Gasteiger partial charge in [-0.15, -0.1) is 10.2 Å². The molecular formula is C11H12N4O3S. The van der Waals surface area contributed by atoms with Gasteiger partial charge in [0.1, 0.15) is 17.0 Å². The Balaban J connectivity index is 1.72. The molecular weight excluding hydrogens is 268 g/mol. The summed E-state index contributed by atoms with van der Waals surface area (Å²) in [4.78, 5) is 11.4. The van der Waals surface area contributed by atoms with E-state index in [-0.39, 0.29) is 6.73 Å². The van der Waals surface area contributed by atoms with Gasteiger partial charge in [0.15, 0.2) is 6.73 Å². The van der Waals surface area contributed by atoms with Crippen LogP contribution in [0.5, 0.6) is 11.5 Å². The van der Waals surface area contributed by atoms with E-state index < -0.39 is 6.03 Å². The summed E-state index contributed by atoms with van der Waals surface area (Å²) in [5.74, 6) is 1.38. The number of nitrogens with zero attached hydrogens (tertiary/aromatic N) is 2. The van der Waals surface area contributed by atoms with E-state index in [1.54, 1.807) is 31.4 Å². The lowest BCUT2D eigenvalue weighted by Crippen LogP contribution is -2.31. The van der Waals surface area contributed by atoms with Gasteiger partial charge in [0.25, 0.3) is 0 Å². The van der Waals surface area contributed by atoms with E-state index >= 15 is 0 Å². The molecule has 1 aromatic carbocycles. The second-order valence-electron chi connectivity index (χ2n) is 3.34. The summed E-state index contributed by atoms with van der Waals surface area (Å²) in [5.41, 5.74) is 1.53. The quantitative estimate of drug-likeness (QED) is 0.814. The van der Waals surface area contributed by atoms with E-state index in [2.05, 4.69) is 20.8 Å². The Morgan fingerprint density at radius 2 is 2.05 bits per heavy atom. The Morgan fingerprint density at radius 1 is 1.32 bits per heavy atom. The van der Waals surface area contributed by atoms with E-state index in [9.17, 15) is 4.79 Å². The van der Waals surface area contributed by atoms with Crippen molar-refractivity contribution >= 4 is 22.5 Å². The molecule has 19 heavy (non-hydrogen) atoms. The highest BCUT2D eigenvalue weighted by atomic mass is 32.1. The fourth-order valence-electron chi connectivity index (χ4n) is 1.23.